The second-order valence-corrected chi connectivity index (χ2v) is 8.19. The van der Waals surface area contributed by atoms with E-state index in [0.717, 1.165) is 19.0 Å². The smallest absolute Gasteiger partial charge is 0.127 e. The minimum atomic E-state index is -0.0405. The van der Waals surface area contributed by atoms with Crippen LogP contribution in [0.3, 0.4) is 0 Å². The normalized spacial score (nSPS) is 25.5. The zero-order valence-electron chi connectivity index (χ0n) is 14.7. The number of likely N-dealkylation sites (tertiary alicyclic amines) is 2. The van der Waals surface area contributed by atoms with Crippen molar-refractivity contribution in [2.24, 2.45) is 0 Å². The Morgan fingerprint density at radius 1 is 1.09 bits per heavy atom. The fraction of sp³-hybridized carbons (Fsp3) is 0.700. The van der Waals surface area contributed by atoms with Gasteiger partial charge in [-0.25, -0.2) is 0 Å². The molecule has 2 fully saturated rings. The Bertz CT molecular complexity index is 555. The van der Waals surface area contributed by atoms with Crippen LogP contribution in [0.25, 0.3) is 0 Å². The van der Waals surface area contributed by atoms with Crippen molar-refractivity contribution in [2.75, 3.05) is 26.2 Å². The van der Waals surface area contributed by atoms with Gasteiger partial charge in [0.05, 0.1) is 0 Å². The number of para-hydroxylation sites is 1. The van der Waals surface area contributed by atoms with E-state index in [1.54, 1.807) is 0 Å². The van der Waals surface area contributed by atoms with Crippen LogP contribution in [-0.2, 0) is 13.0 Å². The topological polar surface area (TPSA) is 15.7 Å². The predicted molar refractivity (Wildman–Crippen MR) is 94.0 cm³/mol. The second kappa shape index (κ2) is 6.10. The molecule has 3 heterocycles. The maximum atomic E-state index is 6.23. The lowest BCUT2D eigenvalue weighted by Gasteiger charge is -2.36. The van der Waals surface area contributed by atoms with Crippen molar-refractivity contribution in [1.29, 1.82) is 0 Å². The summed E-state index contributed by atoms with van der Waals surface area (Å²) >= 11 is 0. The number of hydrogen-bond acceptors (Lipinski definition) is 3. The van der Waals surface area contributed by atoms with Gasteiger partial charge in [0, 0.05) is 24.6 Å². The average Bonchev–Trinajstić information content (AvgIpc) is 3.15. The van der Waals surface area contributed by atoms with Gasteiger partial charge < -0.3 is 9.64 Å². The van der Waals surface area contributed by atoms with Crippen molar-refractivity contribution in [1.82, 2.24) is 9.80 Å². The van der Waals surface area contributed by atoms with E-state index < -0.39 is 0 Å². The largest absolute Gasteiger partial charge is 0.487 e. The quantitative estimate of drug-likeness (QED) is 0.850. The van der Waals surface area contributed by atoms with Gasteiger partial charge in [-0.3, -0.25) is 4.90 Å². The van der Waals surface area contributed by atoms with Crippen molar-refractivity contribution in [2.45, 2.75) is 64.1 Å². The summed E-state index contributed by atoms with van der Waals surface area (Å²) in [5.74, 6) is 1.17. The third-order valence-corrected chi connectivity index (χ3v) is 5.78. The predicted octanol–water partition coefficient (Wildman–Crippen LogP) is 3.46. The summed E-state index contributed by atoms with van der Waals surface area (Å²) in [5.41, 5.74) is 2.73. The maximum Gasteiger partial charge on any atom is 0.127 e. The van der Waals surface area contributed by atoms with Crippen molar-refractivity contribution in [3.8, 4) is 5.75 Å². The first-order valence-electron chi connectivity index (χ1n) is 9.37. The number of ether oxygens (including phenoxy) is 1. The Balaban J connectivity index is 1.38. The van der Waals surface area contributed by atoms with Gasteiger partial charge in [0.2, 0.25) is 0 Å². The molecule has 0 saturated carbocycles. The Hall–Kier alpha value is -1.06. The molecule has 1 aromatic rings. The highest BCUT2D eigenvalue weighted by Crippen LogP contribution is 2.38. The molecule has 0 atom stereocenters. The van der Waals surface area contributed by atoms with E-state index in [1.807, 2.05) is 0 Å². The van der Waals surface area contributed by atoms with E-state index in [0.29, 0.717) is 0 Å². The van der Waals surface area contributed by atoms with E-state index in [1.165, 1.54) is 68.7 Å². The van der Waals surface area contributed by atoms with Gasteiger partial charge in [0.15, 0.2) is 0 Å². The lowest BCUT2D eigenvalue weighted by atomic mass is 9.99. The summed E-state index contributed by atoms with van der Waals surface area (Å²) in [7, 11) is 0. The van der Waals surface area contributed by atoms with Gasteiger partial charge in [0.25, 0.3) is 0 Å². The molecule has 0 unspecified atom stereocenters. The zero-order valence-corrected chi connectivity index (χ0v) is 14.7. The molecule has 0 amide bonds. The minimum Gasteiger partial charge on any atom is -0.487 e. The van der Waals surface area contributed by atoms with E-state index >= 15 is 0 Å². The molecule has 23 heavy (non-hydrogen) atoms. The van der Waals surface area contributed by atoms with Crippen molar-refractivity contribution < 1.29 is 4.74 Å². The van der Waals surface area contributed by atoms with Gasteiger partial charge >= 0.3 is 0 Å². The molecule has 3 nitrogen and oxygen atoms in total. The van der Waals surface area contributed by atoms with Gasteiger partial charge in [-0.15, -0.1) is 0 Å². The summed E-state index contributed by atoms with van der Waals surface area (Å²) < 4.78 is 6.23. The van der Waals surface area contributed by atoms with Gasteiger partial charge in [-0.05, 0) is 71.3 Å². The molecule has 4 rings (SSSR count). The number of piperidine rings is 1. The van der Waals surface area contributed by atoms with Crippen molar-refractivity contribution >= 4 is 0 Å². The fourth-order valence-electron chi connectivity index (χ4n) is 4.59. The second-order valence-electron chi connectivity index (χ2n) is 8.19. The Kier molecular flexibility index (Phi) is 4.10. The molecule has 3 aliphatic heterocycles. The molecule has 126 valence electrons. The molecular weight excluding hydrogens is 284 g/mol. The number of hydrogen-bond donors (Lipinski definition) is 0. The third-order valence-electron chi connectivity index (χ3n) is 5.78. The Labute approximate surface area is 140 Å². The van der Waals surface area contributed by atoms with E-state index in [2.05, 4.69) is 41.8 Å². The molecule has 1 aromatic carbocycles. The summed E-state index contributed by atoms with van der Waals surface area (Å²) in [6.45, 7) is 10.6. The SMILES string of the molecule is CC1(C)Cc2cccc(CN3CCC(N4CCCC4)CC3)c2O1. The van der Waals surface area contributed by atoms with Crippen LogP contribution in [0.2, 0.25) is 0 Å². The van der Waals surface area contributed by atoms with Gasteiger partial charge in [0.1, 0.15) is 11.4 Å². The average molecular weight is 314 g/mol. The summed E-state index contributed by atoms with van der Waals surface area (Å²) in [5, 5.41) is 0. The van der Waals surface area contributed by atoms with Gasteiger partial charge in [-0.1, -0.05) is 18.2 Å². The van der Waals surface area contributed by atoms with Crippen LogP contribution in [0.4, 0.5) is 0 Å². The van der Waals surface area contributed by atoms with Crippen LogP contribution in [0.5, 0.6) is 5.75 Å². The van der Waals surface area contributed by atoms with Crippen LogP contribution in [-0.4, -0.2) is 47.6 Å². The number of rotatable bonds is 3. The molecule has 0 aromatic heterocycles. The van der Waals surface area contributed by atoms with Crippen LogP contribution in [0.1, 0.15) is 50.7 Å². The molecule has 0 aliphatic carbocycles. The molecular formula is C20H30N2O. The highest BCUT2D eigenvalue weighted by Gasteiger charge is 2.32. The fourth-order valence-corrected chi connectivity index (χ4v) is 4.59. The van der Waals surface area contributed by atoms with E-state index in [-0.39, 0.29) is 5.60 Å². The first-order chi connectivity index (χ1) is 11.1. The molecule has 2 saturated heterocycles. The highest BCUT2D eigenvalue weighted by atomic mass is 16.5. The van der Waals surface area contributed by atoms with Crippen LogP contribution in [0, 0.1) is 0 Å². The summed E-state index contributed by atoms with van der Waals surface area (Å²) in [6, 6.07) is 7.53. The first-order valence-corrected chi connectivity index (χ1v) is 9.37. The third kappa shape index (κ3) is 3.27. The Morgan fingerprint density at radius 2 is 1.83 bits per heavy atom. The molecule has 3 heteroatoms. The molecule has 0 N–H and O–H groups in total. The Morgan fingerprint density at radius 3 is 2.57 bits per heavy atom. The number of fused-ring (bicyclic) bond motifs is 1. The lowest BCUT2D eigenvalue weighted by Crippen LogP contribution is -2.43. The van der Waals surface area contributed by atoms with Crippen LogP contribution < -0.4 is 4.74 Å². The molecule has 0 spiro atoms. The van der Waals surface area contributed by atoms with E-state index in [4.69, 9.17) is 4.74 Å². The molecule has 0 bridgehead atoms. The maximum absolute atomic E-state index is 6.23. The summed E-state index contributed by atoms with van der Waals surface area (Å²) in [6.07, 6.45) is 6.52. The van der Waals surface area contributed by atoms with Gasteiger partial charge in [-0.2, -0.15) is 0 Å². The highest BCUT2D eigenvalue weighted by molar-refractivity contribution is 5.45. The number of nitrogens with zero attached hydrogens (tertiary/aromatic N) is 2. The molecule has 3 aliphatic rings. The lowest BCUT2D eigenvalue weighted by molar-refractivity contribution is 0.116. The van der Waals surface area contributed by atoms with Crippen LogP contribution >= 0.6 is 0 Å². The number of benzene rings is 1. The first kappa shape index (κ1) is 15.5. The van der Waals surface area contributed by atoms with Crippen LogP contribution in [0.15, 0.2) is 18.2 Å². The van der Waals surface area contributed by atoms with Crippen molar-refractivity contribution in [3.63, 3.8) is 0 Å². The van der Waals surface area contributed by atoms with E-state index in [9.17, 15) is 0 Å². The van der Waals surface area contributed by atoms with Crippen molar-refractivity contribution in [3.05, 3.63) is 29.3 Å². The minimum absolute atomic E-state index is 0.0405. The standard InChI is InChI=1S/C20H30N2O/c1-20(2)14-16-6-5-7-17(19(16)23-20)15-21-12-8-18(9-13-21)22-10-3-4-11-22/h5-7,18H,3-4,8-15H2,1-2H3. The molecule has 0 radical (unpaired) electrons. The summed E-state index contributed by atoms with van der Waals surface area (Å²) in [4.78, 5) is 5.35. The monoisotopic (exact) mass is 314 g/mol. The zero-order chi connectivity index (χ0) is 15.9.